The van der Waals surface area contributed by atoms with Crippen LogP contribution in [0.25, 0.3) is 10.2 Å². The van der Waals surface area contributed by atoms with Gasteiger partial charge in [-0.2, -0.15) is 0 Å². The maximum atomic E-state index is 13.3. The third kappa shape index (κ3) is 4.84. The summed E-state index contributed by atoms with van der Waals surface area (Å²) in [6, 6.07) is 31.7. The predicted octanol–water partition coefficient (Wildman–Crippen LogP) is 6.48. The van der Waals surface area contributed by atoms with Crippen LogP contribution in [-0.4, -0.2) is 28.0 Å². The van der Waals surface area contributed by atoms with Gasteiger partial charge in [0.15, 0.2) is 4.34 Å². The first kappa shape index (κ1) is 25.0. The number of nitrogens with one attached hydrogen (secondary N) is 1. The number of aromatic nitrogens is 1. The summed E-state index contributed by atoms with van der Waals surface area (Å²) in [5.74, 6) is -0.750. The van der Waals surface area contributed by atoms with Gasteiger partial charge < -0.3 is 5.32 Å². The van der Waals surface area contributed by atoms with Gasteiger partial charge in [-0.3, -0.25) is 14.4 Å². The molecule has 1 aromatic heterocycles. The summed E-state index contributed by atoms with van der Waals surface area (Å²) in [6.07, 6.45) is 0. The summed E-state index contributed by atoms with van der Waals surface area (Å²) in [6.45, 7) is 1.86. The van der Waals surface area contributed by atoms with Crippen LogP contribution in [0.4, 0.5) is 5.69 Å². The molecule has 3 amide bonds. The number of nitrogens with zero attached hydrogens (tertiary/aromatic N) is 2. The van der Waals surface area contributed by atoms with Crippen LogP contribution in [0.1, 0.15) is 44.8 Å². The number of imide groups is 1. The zero-order valence-electron chi connectivity index (χ0n) is 20.9. The maximum absolute atomic E-state index is 13.3. The average molecular weight is 550 g/mol. The molecule has 0 saturated heterocycles. The quantitative estimate of drug-likeness (QED) is 0.186. The monoisotopic (exact) mass is 549 g/mol. The number of thioether (sulfide) groups is 1. The third-order valence-electron chi connectivity index (χ3n) is 6.60. The molecule has 1 atom stereocenters. The second kappa shape index (κ2) is 10.5. The molecule has 0 radical (unpaired) electrons. The van der Waals surface area contributed by atoms with E-state index in [0.717, 1.165) is 25.7 Å². The SMILES string of the molecule is CC(Sc1nc2ccc(N3C(=O)c4ccccc4C3=O)cc2s1)C(=O)NC(c1ccccc1)c1ccccc1. The van der Waals surface area contributed by atoms with E-state index in [-0.39, 0.29) is 23.8 Å². The van der Waals surface area contributed by atoms with Crippen LogP contribution in [0.2, 0.25) is 0 Å². The standard InChI is InChI=1S/C31H23N3O3S2/c1-19(28(35)33-27(20-10-4-2-5-11-20)21-12-6-3-7-13-21)38-31-32-25-17-16-22(18-26(25)39-31)34-29(36)23-14-8-9-15-24(23)30(34)37/h2-19,27H,1H3,(H,33,35). The highest BCUT2D eigenvalue weighted by Gasteiger charge is 2.36. The Hall–Kier alpha value is -4.27. The predicted molar refractivity (Wildman–Crippen MR) is 155 cm³/mol. The van der Waals surface area contributed by atoms with Crippen LogP contribution in [0, 0.1) is 0 Å². The lowest BCUT2D eigenvalue weighted by molar-refractivity contribution is -0.120. The van der Waals surface area contributed by atoms with Gasteiger partial charge in [0.2, 0.25) is 5.91 Å². The second-order valence-corrected chi connectivity index (χ2v) is 11.8. The number of fused-ring (bicyclic) bond motifs is 2. The van der Waals surface area contributed by atoms with Gasteiger partial charge in [-0.25, -0.2) is 9.88 Å². The van der Waals surface area contributed by atoms with Crippen LogP contribution >= 0.6 is 23.1 Å². The molecule has 6 nitrogen and oxygen atoms in total. The van der Waals surface area contributed by atoms with Crippen molar-refractivity contribution < 1.29 is 14.4 Å². The molecule has 0 saturated carbocycles. The van der Waals surface area contributed by atoms with Gasteiger partial charge in [-0.1, -0.05) is 84.6 Å². The number of hydrogen-bond donors (Lipinski definition) is 1. The Morgan fingerprint density at radius 3 is 1.97 bits per heavy atom. The first-order valence-corrected chi connectivity index (χ1v) is 14.1. The van der Waals surface area contributed by atoms with Gasteiger partial charge in [0.25, 0.3) is 11.8 Å². The fourth-order valence-electron chi connectivity index (χ4n) is 4.62. The number of rotatable bonds is 7. The number of hydrogen-bond acceptors (Lipinski definition) is 6. The topological polar surface area (TPSA) is 79.4 Å². The van der Waals surface area contributed by atoms with Crippen molar-refractivity contribution in [2.24, 2.45) is 0 Å². The zero-order chi connectivity index (χ0) is 26.9. The summed E-state index contributed by atoms with van der Waals surface area (Å²) in [7, 11) is 0. The summed E-state index contributed by atoms with van der Waals surface area (Å²) in [5.41, 5.74) is 4.10. The normalized spacial score (nSPS) is 13.6. The molecule has 5 aromatic rings. The van der Waals surface area contributed by atoms with E-state index in [2.05, 4.69) is 10.3 Å². The molecule has 0 aliphatic carbocycles. The van der Waals surface area contributed by atoms with E-state index < -0.39 is 5.25 Å². The molecular weight excluding hydrogens is 526 g/mol. The van der Waals surface area contributed by atoms with E-state index in [0.29, 0.717) is 16.8 Å². The maximum Gasteiger partial charge on any atom is 0.266 e. The van der Waals surface area contributed by atoms with Gasteiger partial charge in [0.05, 0.1) is 38.3 Å². The molecule has 1 aliphatic heterocycles. The average Bonchev–Trinajstić information content (AvgIpc) is 3.49. The number of benzene rings is 4. The van der Waals surface area contributed by atoms with E-state index in [1.807, 2.05) is 73.7 Å². The molecule has 6 rings (SSSR count). The van der Waals surface area contributed by atoms with Gasteiger partial charge in [-0.05, 0) is 48.4 Å². The molecule has 1 N–H and O–H groups in total. The van der Waals surface area contributed by atoms with Crippen LogP contribution in [0.15, 0.2) is 107 Å². The van der Waals surface area contributed by atoms with Crippen molar-refractivity contribution in [2.45, 2.75) is 22.6 Å². The van der Waals surface area contributed by atoms with Crippen LogP contribution in [0.3, 0.4) is 0 Å². The van der Waals surface area contributed by atoms with Crippen molar-refractivity contribution in [1.29, 1.82) is 0 Å². The lowest BCUT2D eigenvalue weighted by Gasteiger charge is -2.21. The molecule has 0 bridgehead atoms. The smallest absolute Gasteiger partial charge is 0.266 e. The first-order chi connectivity index (χ1) is 19.0. The highest BCUT2D eigenvalue weighted by atomic mass is 32.2. The van der Waals surface area contributed by atoms with Gasteiger partial charge in [0, 0.05) is 0 Å². The van der Waals surface area contributed by atoms with Crippen molar-refractivity contribution in [1.82, 2.24) is 10.3 Å². The minimum atomic E-state index is -0.392. The Morgan fingerprint density at radius 2 is 1.38 bits per heavy atom. The molecule has 4 aromatic carbocycles. The van der Waals surface area contributed by atoms with Crippen LogP contribution in [0.5, 0.6) is 0 Å². The van der Waals surface area contributed by atoms with Crippen LogP contribution in [-0.2, 0) is 4.79 Å². The Labute approximate surface area is 233 Å². The highest BCUT2D eigenvalue weighted by Crippen LogP contribution is 2.36. The molecule has 39 heavy (non-hydrogen) atoms. The number of anilines is 1. The highest BCUT2D eigenvalue weighted by molar-refractivity contribution is 8.02. The summed E-state index contributed by atoms with van der Waals surface area (Å²) in [4.78, 5) is 45.0. The van der Waals surface area contributed by atoms with Crippen molar-refractivity contribution in [3.63, 3.8) is 0 Å². The molecular formula is C31H23N3O3S2. The third-order valence-corrected chi connectivity index (χ3v) is 8.82. The van der Waals surface area contributed by atoms with E-state index in [9.17, 15) is 14.4 Å². The fourth-order valence-corrected chi connectivity index (χ4v) is 6.87. The molecule has 1 aliphatic rings. The lowest BCUT2D eigenvalue weighted by Crippen LogP contribution is -2.34. The van der Waals surface area contributed by atoms with Crippen LogP contribution < -0.4 is 10.2 Å². The minimum Gasteiger partial charge on any atom is -0.344 e. The largest absolute Gasteiger partial charge is 0.344 e. The Kier molecular flexibility index (Phi) is 6.72. The van der Waals surface area contributed by atoms with Crippen molar-refractivity contribution in [3.8, 4) is 0 Å². The minimum absolute atomic E-state index is 0.0938. The number of carbonyl (C=O) groups is 3. The summed E-state index contributed by atoms with van der Waals surface area (Å²) >= 11 is 2.82. The van der Waals surface area contributed by atoms with Gasteiger partial charge >= 0.3 is 0 Å². The van der Waals surface area contributed by atoms with Gasteiger partial charge in [-0.15, -0.1) is 11.3 Å². The Balaban J connectivity index is 1.20. The van der Waals surface area contributed by atoms with Crippen molar-refractivity contribution in [2.75, 3.05) is 4.90 Å². The fraction of sp³-hybridized carbons (Fsp3) is 0.0968. The number of amides is 3. The van der Waals surface area contributed by atoms with E-state index in [4.69, 9.17) is 0 Å². The molecule has 192 valence electrons. The van der Waals surface area contributed by atoms with E-state index in [1.54, 1.807) is 36.4 Å². The molecule has 2 heterocycles. The zero-order valence-corrected chi connectivity index (χ0v) is 22.5. The van der Waals surface area contributed by atoms with Gasteiger partial charge in [0.1, 0.15) is 0 Å². The summed E-state index contributed by atoms with van der Waals surface area (Å²) < 4.78 is 1.58. The Morgan fingerprint density at radius 1 is 0.821 bits per heavy atom. The molecule has 0 spiro atoms. The van der Waals surface area contributed by atoms with Crippen molar-refractivity contribution >= 4 is 56.7 Å². The molecule has 1 unspecified atom stereocenters. The molecule has 8 heteroatoms. The lowest BCUT2D eigenvalue weighted by atomic mass is 9.98. The summed E-state index contributed by atoms with van der Waals surface area (Å²) in [5, 5.41) is 2.81. The number of carbonyl (C=O) groups excluding carboxylic acids is 3. The first-order valence-electron chi connectivity index (χ1n) is 12.4. The van der Waals surface area contributed by atoms with Crippen molar-refractivity contribution in [3.05, 3.63) is 125 Å². The Bertz CT molecular complexity index is 1630. The second-order valence-electron chi connectivity index (χ2n) is 9.15. The van der Waals surface area contributed by atoms with E-state index in [1.165, 1.54) is 28.0 Å². The number of thiazole rings is 1. The van der Waals surface area contributed by atoms with E-state index >= 15 is 0 Å². The molecule has 0 fully saturated rings.